The van der Waals surface area contributed by atoms with Crippen molar-refractivity contribution in [1.29, 1.82) is 0 Å². The van der Waals surface area contributed by atoms with Crippen molar-refractivity contribution in [2.45, 2.75) is 82.2 Å². The first kappa shape index (κ1) is 46.2. The molecular weight excluding hydrogens is 876 g/mol. The minimum absolute atomic E-state index is 0.183. The van der Waals surface area contributed by atoms with Crippen LogP contribution in [0, 0.1) is 17.2 Å². The molecule has 1 aliphatic carbocycles. The Morgan fingerprint density at radius 1 is 0.797 bits per heavy atom. The van der Waals surface area contributed by atoms with Gasteiger partial charge in [-0.1, -0.05) is 18.6 Å². The molecule has 69 heavy (non-hydrogen) atoms. The van der Waals surface area contributed by atoms with Crippen molar-refractivity contribution in [2.24, 2.45) is 11.3 Å². The van der Waals surface area contributed by atoms with Crippen LogP contribution < -0.4 is 35.6 Å². The normalized spacial score (nSPS) is 21.2. The molecule has 15 heteroatoms. The summed E-state index contributed by atoms with van der Waals surface area (Å²) in [7, 11) is 1.71. The van der Waals surface area contributed by atoms with Gasteiger partial charge in [-0.15, -0.1) is 0 Å². The summed E-state index contributed by atoms with van der Waals surface area (Å²) in [6.07, 6.45) is 10.7. The molecule has 4 amide bonds. The summed E-state index contributed by atoms with van der Waals surface area (Å²) in [5.41, 5.74) is 3.70. The number of piperazine rings is 1. The van der Waals surface area contributed by atoms with Gasteiger partial charge in [0.05, 0.1) is 24.2 Å². The number of carbonyl (C=O) groups is 4. The number of hydrogen-bond donors (Lipinski definition) is 4. The van der Waals surface area contributed by atoms with Gasteiger partial charge in [0.25, 0.3) is 0 Å². The Hall–Kier alpha value is -6.58. The van der Waals surface area contributed by atoms with Gasteiger partial charge in [-0.3, -0.25) is 39.3 Å². The highest BCUT2D eigenvalue weighted by Crippen LogP contribution is 2.48. The van der Waals surface area contributed by atoms with Gasteiger partial charge < -0.3 is 30.3 Å². The smallest absolute Gasteiger partial charge is 0.240 e. The molecule has 0 spiro atoms. The average molecular weight is 937 g/mol. The number of carbonyl (C=O) groups excluding carboxylic acids is 4. The highest BCUT2D eigenvalue weighted by molar-refractivity contribution is 6.17. The van der Waals surface area contributed by atoms with E-state index in [9.17, 15) is 23.6 Å². The number of anilines is 4. The second-order valence-electron chi connectivity index (χ2n) is 19.5. The number of rotatable bonds is 18. The van der Waals surface area contributed by atoms with E-state index in [0.717, 1.165) is 72.5 Å². The molecule has 0 radical (unpaired) electrons. The zero-order valence-electron chi connectivity index (χ0n) is 39.2. The molecule has 5 fully saturated rings. The van der Waals surface area contributed by atoms with Gasteiger partial charge in [-0.25, -0.2) is 4.39 Å². The van der Waals surface area contributed by atoms with E-state index in [1.165, 1.54) is 69.7 Å². The maximum atomic E-state index is 13.3. The number of methoxy groups -OCH3 is 1. The molecule has 4 aliphatic heterocycles. The molecule has 5 aromatic rings. The van der Waals surface area contributed by atoms with Crippen LogP contribution in [0.15, 0.2) is 97.2 Å². The summed E-state index contributed by atoms with van der Waals surface area (Å²) in [5, 5.41) is 12.4. The summed E-state index contributed by atoms with van der Waals surface area (Å²) < 4.78 is 25.7. The van der Waals surface area contributed by atoms with Gasteiger partial charge in [0.1, 0.15) is 28.5 Å². The first-order valence-corrected chi connectivity index (χ1v) is 24.6. The maximum absolute atomic E-state index is 13.3. The highest BCUT2D eigenvalue weighted by Gasteiger charge is 2.56. The molecule has 10 rings (SSSR count). The number of pyridine rings is 1. The van der Waals surface area contributed by atoms with Crippen LogP contribution in [-0.4, -0.2) is 103 Å². The van der Waals surface area contributed by atoms with Crippen molar-refractivity contribution in [2.75, 3.05) is 73.8 Å². The molecular formula is C54H61FN8O6. The van der Waals surface area contributed by atoms with Crippen LogP contribution in [0.5, 0.6) is 17.2 Å². The highest BCUT2D eigenvalue weighted by atomic mass is 19.1. The van der Waals surface area contributed by atoms with E-state index in [4.69, 9.17) is 14.5 Å². The Morgan fingerprint density at radius 2 is 1.48 bits per heavy atom. The van der Waals surface area contributed by atoms with Crippen LogP contribution in [0.3, 0.4) is 0 Å². The van der Waals surface area contributed by atoms with Crippen LogP contribution in [0.4, 0.5) is 27.1 Å². The Kier molecular flexibility index (Phi) is 13.5. The van der Waals surface area contributed by atoms with E-state index < -0.39 is 17.1 Å². The van der Waals surface area contributed by atoms with Gasteiger partial charge in [0, 0.05) is 86.4 Å². The van der Waals surface area contributed by atoms with Crippen LogP contribution in [0.2, 0.25) is 0 Å². The fourth-order valence-electron chi connectivity index (χ4n) is 10.8. The van der Waals surface area contributed by atoms with E-state index in [0.29, 0.717) is 66.6 Å². The lowest BCUT2D eigenvalue weighted by Gasteiger charge is -2.39. The third kappa shape index (κ3) is 10.4. The quantitative estimate of drug-likeness (QED) is 0.0381. The summed E-state index contributed by atoms with van der Waals surface area (Å²) in [6.45, 7) is 7.55. The van der Waals surface area contributed by atoms with Crippen LogP contribution >= 0.6 is 0 Å². The molecule has 1 saturated carbocycles. The minimum atomic E-state index is -1.16. The number of aromatic nitrogens is 1. The molecule has 4 aromatic carbocycles. The summed E-state index contributed by atoms with van der Waals surface area (Å²) in [4.78, 5) is 62.6. The number of halogens is 1. The van der Waals surface area contributed by atoms with Crippen molar-refractivity contribution < 1.29 is 33.0 Å². The maximum Gasteiger partial charge on any atom is 0.240 e. The second kappa shape index (κ2) is 20.2. The molecule has 5 aliphatic rings. The molecule has 2 bridgehead atoms. The van der Waals surface area contributed by atoms with Crippen molar-refractivity contribution in [3.05, 3.63) is 109 Å². The van der Waals surface area contributed by atoms with E-state index in [1.807, 2.05) is 36.4 Å². The Balaban J connectivity index is 0.651. The number of nitrogens with one attached hydrogen (secondary N) is 4. The number of unbranched alkanes of at least 4 members (excludes halogenated alkanes) is 2. The fraction of sp³-hybridized carbons (Fsp3) is 0.426. The summed E-state index contributed by atoms with van der Waals surface area (Å²) >= 11 is 0. The predicted molar refractivity (Wildman–Crippen MR) is 264 cm³/mol. The van der Waals surface area contributed by atoms with E-state index >= 15 is 0 Å². The van der Waals surface area contributed by atoms with E-state index in [1.54, 1.807) is 37.6 Å². The number of fused-ring (bicyclic) bond motifs is 3. The Labute approximate surface area is 402 Å². The molecule has 360 valence electrons. The third-order valence-corrected chi connectivity index (χ3v) is 15.0. The van der Waals surface area contributed by atoms with Gasteiger partial charge >= 0.3 is 0 Å². The Bertz CT molecular complexity index is 2670. The predicted octanol–water partition coefficient (Wildman–Crippen LogP) is 8.31. The SMILES string of the molecule is COc1cc2c(Oc3ccc(NC(=O)C4(C(=O)Nc5ccc(F)cc5)CC4)cc3)ccnc2cc1N1CCC(CN2C[C@@H]3C[C@H]2CN3CCCCCNc2ccc(C3CCC(=O)NC3=O)cc2)CC1. The van der Waals surface area contributed by atoms with Gasteiger partial charge in [-0.05, 0) is 148 Å². The second-order valence-corrected chi connectivity index (χ2v) is 19.5. The van der Waals surface area contributed by atoms with Crippen molar-refractivity contribution >= 4 is 57.3 Å². The largest absolute Gasteiger partial charge is 0.495 e. The van der Waals surface area contributed by atoms with Gasteiger partial charge in [0.2, 0.25) is 23.6 Å². The van der Waals surface area contributed by atoms with Crippen molar-refractivity contribution in [3.8, 4) is 17.2 Å². The van der Waals surface area contributed by atoms with Crippen LogP contribution in [-0.2, 0) is 19.2 Å². The van der Waals surface area contributed by atoms with Gasteiger partial charge in [0.15, 0.2) is 0 Å². The van der Waals surface area contributed by atoms with Crippen LogP contribution in [0.25, 0.3) is 10.9 Å². The number of benzene rings is 4. The molecule has 3 atom stereocenters. The molecule has 1 aromatic heterocycles. The molecule has 4 saturated heterocycles. The zero-order chi connectivity index (χ0) is 47.5. The number of nitrogens with zero attached hydrogens (tertiary/aromatic N) is 4. The van der Waals surface area contributed by atoms with E-state index in [-0.39, 0.29) is 23.6 Å². The summed E-state index contributed by atoms with van der Waals surface area (Å²) in [5.74, 6) is 0.851. The zero-order valence-corrected chi connectivity index (χ0v) is 39.2. The summed E-state index contributed by atoms with van der Waals surface area (Å²) in [6, 6.07) is 27.9. The number of piperidine rings is 2. The fourth-order valence-corrected chi connectivity index (χ4v) is 10.8. The van der Waals surface area contributed by atoms with Crippen molar-refractivity contribution in [1.82, 2.24) is 20.1 Å². The Morgan fingerprint density at radius 3 is 2.14 bits per heavy atom. The number of imide groups is 1. The topological polar surface area (TPSA) is 157 Å². The number of hydrogen-bond acceptors (Lipinski definition) is 11. The molecule has 5 heterocycles. The van der Waals surface area contributed by atoms with Gasteiger partial charge in [-0.2, -0.15) is 0 Å². The number of amides is 4. The lowest BCUT2D eigenvalue weighted by atomic mass is 9.90. The number of ether oxygens (including phenoxy) is 2. The minimum Gasteiger partial charge on any atom is -0.495 e. The standard InChI is InChI=1S/C54H61FN8O6/c1-68-49-30-45-46(57-25-19-48(45)69-43-15-13-40(14-16-43)59-53(67)54(22-23-54)52(66)58-39-11-7-37(55)8-12-39)31-47(49)61-27-20-35(21-28-61)32-63-34-41-29-42(63)33-62(41)26-4-2-3-24-56-38-9-5-36(6-10-38)44-17-18-50(64)60-51(44)65/h5-16,19,25,30-31,35,41-42,44,56H,2-4,17-18,20-24,26-29,32-34H2,1H3,(H,58,66)(H,59,67)(H,60,64,65)/t41-,42-,44?/m0/s1. The van der Waals surface area contributed by atoms with Crippen LogP contribution in [0.1, 0.15) is 75.7 Å². The molecule has 1 unspecified atom stereocenters. The average Bonchev–Trinajstić information content (AvgIpc) is 3.97. The lowest BCUT2D eigenvalue weighted by Crippen LogP contribution is -2.49. The monoisotopic (exact) mass is 936 g/mol. The number of likely N-dealkylation sites (tertiary alicyclic amines) is 2. The third-order valence-electron chi connectivity index (χ3n) is 15.0. The molecule has 14 nitrogen and oxygen atoms in total. The van der Waals surface area contributed by atoms with Crippen molar-refractivity contribution in [3.63, 3.8) is 0 Å². The first-order chi connectivity index (χ1) is 33.6. The van der Waals surface area contributed by atoms with E-state index in [2.05, 4.69) is 42.0 Å². The first-order valence-electron chi connectivity index (χ1n) is 24.6. The molecule has 4 N–H and O–H groups in total. The lowest BCUT2D eigenvalue weighted by molar-refractivity contribution is -0.134.